The van der Waals surface area contributed by atoms with E-state index in [-0.39, 0.29) is 21.4 Å². The van der Waals surface area contributed by atoms with Crippen LogP contribution in [0.2, 0.25) is 10.2 Å². The van der Waals surface area contributed by atoms with Crippen molar-refractivity contribution in [1.29, 1.82) is 5.26 Å². The second-order valence-electron chi connectivity index (χ2n) is 6.27. The van der Waals surface area contributed by atoms with Crippen LogP contribution in [-0.2, 0) is 0 Å². The summed E-state index contributed by atoms with van der Waals surface area (Å²) in [6.45, 7) is 1.63. The zero-order valence-electron chi connectivity index (χ0n) is 13.7. The number of hydrogen-bond acceptors (Lipinski definition) is 4. The first-order valence-corrected chi connectivity index (χ1v) is 8.80. The number of fused-ring (bicyclic) bond motifs is 1. The molecule has 0 radical (unpaired) electrons. The van der Waals surface area contributed by atoms with Crippen LogP contribution >= 0.6 is 23.2 Å². The third-order valence-corrected chi connectivity index (χ3v) is 5.21. The highest BCUT2D eigenvalue weighted by Crippen LogP contribution is 2.42. The van der Waals surface area contributed by atoms with E-state index in [1.807, 2.05) is 18.2 Å². The number of nitrogens with zero attached hydrogens (tertiary/aromatic N) is 3. The van der Waals surface area contributed by atoms with Gasteiger partial charge in [-0.05, 0) is 43.5 Å². The first kappa shape index (κ1) is 16.8. The molecule has 0 aliphatic heterocycles. The fourth-order valence-corrected chi connectivity index (χ4v) is 3.39. The van der Waals surface area contributed by atoms with Gasteiger partial charge >= 0.3 is 0 Å². The van der Waals surface area contributed by atoms with Crippen LogP contribution in [-0.4, -0.2) is 21.1 Å². The van der Waals surface area contributed by atoms with E-state index in [4.69, 9.17) is 28.5 Å². The Morgan fingerprint density at radius 2 is 2.15 bits per heavy atom. The van der Waals surface area contributed by atoms with Crippen molar-refractivity contribution in [2.24, 2.45) is 0 Å². The van der Waals surface area contributed by atoms with Crippen molar-refractivity contribution in [3.63, 3.8) is 0 Å². The summed E-state index contributed by atoms with van der Waals surface area (Å²) in [7, 11) is 0. The molecule has 8 heteroatoms. The zero-order valence-corrected chi connectivity index (χ0v) is 15.2. The lowest BCUT2D eigenvalue weighted by Crippen LogP contribution is -2.15. The summed E-state index contributed by atoms with van der Waals surface area (Å²) in [5.74, 6) is 0.00565. The summed E-state index contributed by atoms with van der Waals surface area (Å²) in [5, 5.41) is 20.4. The molecule has 0 spiro atoms. The maximum atomic E-state index is 12.6. The summed E-state index contributed by atoms with van der Waals surface area (Å²) in [6, 6.07) is 7.47. The number of rotatable bonds is 3. The molecule has 2 aromatic heterocycles. The van der Waals surface area contributed by atoms with E-state index in [0.29, 0.717) is 17.2 Å². The number of hydrogen-bond donors (Lipinski definition) is 2. The van der Waals surface area contributed by atoms with E-state index in [1.165, 1.54) is 0 Å². The Bertz CT molecular complexity index is 1100. The maximum absolute atomic E-state index is 12.6. The van der Waals surface area contributed by atoms with E-state index < -0.39 is 5.91 Å². The van der Waals surface area contributed by atoms with Gasteiger partial charge in [-0.3, -0.25) is 9.89 Å². The van der Waals surface area contributed by atoms with Crippen LogP contribution < -0.4 is 5.32 Å². The van der Waals surface area contributed by atoms with Gasteiger partial charge in [-0.1, -0.05) is 23.2 Å². The molecule has 1 aliphatic rings. The van der Waals surface area contributed by atoms with Crippen molar-refractivity contribution >= 4 is 45.7 Å². The van der Waals surface area contributed by atoms with Crippen LogP contribution in [0.5, 0.6) is 0 Å². The third-order valence-electron chi connectivity index (χ3n) is 4.47. The van der Waals surface area contributed by atoms with E-state index >= 15 is 0 Å². The van der Waals surface area contributed by atoms with Crippen molar-refractivity contribution in [3.05, 3.63) is 50.9 Å². The number of pyridine rings is 1. The highest BCUT2D eigenvalue weighted by molar-refractivity contribution is 6.36. The number of H-pyrrole nitrogens is 1. The van der Waals surface area contributed by atoms with E-state index in [2.05, 4.69) is 20.5 Å². The molecule has 1 fully saturated rings. The Hall–Kier alpha value is -2.62. The van der Waals surface area contributed by atoms with Gasteiger partial charge in [-0.25, -0.2) is 4.98 Å². The number of carbonyl (C=O) groups is 1. The van der Waals surface area contributed by atoms with E-state index in [0.717, 1.165) is 29.4 Å². The van der Waals surface area contributed by atoms with Crippen LogP contribution in [0.4, 0.5) is 5.69 Å². The van der Waals surface area contributed by atoms with Crippen LogP contribution in [0, 0.1) is 18.3 Å². The average molecular weight is 386 g/mol. The highest BCUT2D eigenvalue weighted by atomic mass is 35.5. The van der Waals surface area contributed by atoms with Crippen LogP contribution in [0.1, 0.15) is 46.1 Å². The van der Waals surface area contributed by atoms with Gasteiger partial charge in [0.25, 0.3) is 5.91 Å². The van der Waals surface area contributed by atoms with Gasteiger partial charge in [0.1, 0.15) is 16.9 Å². The molecular weight excluding hydrogens is 373 g/mol. The van der Waals surface area contributed by atoms with Gasteiger partial charge in [0.05, 0.1) is 21.8 Å². The minimum absolute atomic E-state index is 0.0112. The number of aromatic amines is 1. The number of nitriles is 1. The predicted molar refractivity (Wildman–Crippen MR) is 99.7 cm³/mol. The smallest absolute Gasteiger partial charge is 0.275 e. The lowest BCUT2D eigenvalue weighted by molar-refractivity contribution is 0.102. The Morgan fingerprint density at radius 3 is 2.85 bits per heavy atom. The van der Waals surface area contributed by atoms with Gasteiger partial charge in [0.2, 0.25) is 0 Å². The molecule has 1 aromatic carbocycles. The Labute approximate surface area is 159 Å². The maximum Gasteiger partial charge on any atom is 0.275 e. The van der Waals surface area contributed by atoms with Crippen LogP contribution in [0.3, 0.4) is 0 Å². The monoisotopic (exact) mass is 385 g/mol. The standard InChI is InChI=1S/C18H13Cl2N5O/c1-8-12(7-21)17(20)23-16(14(8)19)18(26)22-10-4-5-13-11(6-10)15(25-24-13)9-2-3-9/h4-6,9H,2-3H2,1H3,(H,22,26)(H,24,25). The number of halogens is 2. The fourth-order valence-electron chi connectivity index (χ4n) is 2.90. The lowest BCUT2D eigenvalue weighted by atomic mass is 10.1. The quantitative estimate of drug-likeness (QED) is 0.645. The predicted octanol–water partition coefficient (Wildman–Crippen LogP) is 4.57. The van der Waals surface area contributed by atoms with Gasteiger partial charge in [0.15, 0.2) is 0 Å². The summed E-state index contributed by atoms with van der Waals surface area (Å²) >= 11 is 12.2. The molecule has 6 nitrogen and oxygen atoms in total. The molecule has 3 aromatic rings. The van der Waals surface area contributed by atoms with E-state index in [1.54, 1.807) is 13.0 Å². The van der Waals surface area contributed by atoms with Crippen molar-refractivity contribution in [2.75, 3.05) is 5.32 Å². The highest BCUT2D eigenvalue weighted by Gasteiger charge is 2.28. The normalized spacial score (nSPS) is 13.6. The number of anilines is 1. The molecule has 0 unspecified atom stereocenters. The Kier molecular flexibility index (Phi) is 4.06. The molecule has 0 atom stereocenters. The molecule has 2 heterocycles. The molecule has 0 saturated heterocycles. The summed E-state index contributed by atoms with van der Waals surface area (Å²) < 4.78 is 0. The van der Waals surface area contributed by atoms with E-state index in [9.17, 15) is 4.79 Å². The minimum Gasteiger partial charge on any atom is -0.321 e. The van der Waals surface area contributed by atoms with Crippen LogP contribution in [0.15, 0.2) is 18.2 Å². The van der Waals surface area contributed by atoms with Crippen molar-refractivity contribution in [3.8, 4) is 6.07 Å². The third kappa shape index (κ3) is 2.79. The fraction of sp³-hybridized carbons (Fsp3) is 0.222. The SMILES string of the molecule is Cc1c(Cl)c(C(=O)Nc2ccc3[nH]nc(C4CC4)c3c2)nc(Cl)c1C#N. The molecule has 0 bridgehead atoms. The molecular formula is C18H13Cl2N5O. The van der Waals surface area contributed by atoms with Gasteiger partial charge in [0, 0.05) is 17.0 Å². The largest absolute Gasteiger partial charge is 0.321 e. The first-order chi connectivity index (χ1) is 12.5. The zero-order chi connectivity index (χ0) is 18.4. The molecule has 1 saturated carbocycles. The van der Waals surface area contributed by atoms with Crippen molar-refractivity contribution in [2.45, 2.75) is 25.7 Å². The second kappa shape index (κ2) is 6.27. The first-order valence-electron chi connectivity index (χ1n) is 8.04. The molecule has 1 aliphatic carbocycles. The lowest BCUT2D eigenvalue weighted by Gasteiger charge is -2.10. The number of nitrogens with one attached hydrogen (secondary N) is 2. The van der Waals surface area contributed by atoms with Crippen LogP contribution in [0.25, 0.3) is 10.9 Å². The average Bonchev–Trinajstić information content (AvgIpc) is 3.38. The number of benzene rings is 1. The summed E-state index contributed by atoms with van der Waals surface area (Å²) in [5.41, 5.74) is 3.16. The number of amides is 1. The van der Waals surface area contributed by atoms with Crippen molar-refractivity contribution < 1.29 is 4.79 Å². The van der Waals surface area contributed by atoms with Crippen molar-refractivity contribution in [1.82, 2.24) is 15.2 Å². The molecule has 2 N–H and O–H groups in total. The van der Waals surface area contributed by atoms with Gasteiger partial charge < -0.3 is 5.32 Å². The molecule has 26 heavy (non-hydrogen) atoms. The summed E-state index contributed by atoms with van der Waals surface area (Å²) in [4.78, 5) is 16.6. The second-order valence-corrected chi connectivity index (χ2v) is 7.01. The number of carbonyl (C=O) groups excluding carboxylic acids is 1. The van der Waals surface area contributed by atoms with Gasteiger partial charge in [-0.2, -0.15) is 10.4 Å². The Morgan fingerprint density at radius 1 is 1.38 bits per heavy atom. The molecule has 4 rings (SSSR count). The Balaban J connectivity index is 1.67. The minimum atomic E-state index is -0.486. The molecule has 1 amide bonds. The topological polar surface area (TPSA) is 94.5 Å². The number of aromatic nitrogens is 3. The summed E-state index contributed by atoms with van der Waals surface area (Å²) in [6.07, 6.45) is 2.28. The molecule has 130 valence electrons. The van der Waals surface area contributed by atoms with Gasteiger partial charge in [-0.15, -0.1) is 0 Å².